The van der Waals surface area contributed by atoms with E-state index in [4.69, 9.17) is 18.0 Å². The van der Waals surface area contributed by atoms with Crippen molar-refractivity contribution in [3.8, 4) is 5.82 Å². The smallest absolute Gasteiger partial charge is 0.163 e. The molecule has 2 N–H and O–H groups in total. The largest absolute Gasteiger partial charge is 0.388 e. The molecule has 0 spiro atoms. The highest BCUT2D eigenvalue weighted by molar-refractivity contribution is 7.80. The van der Waals surface area contributed by atoms with Gasteiger partial charge in [0.15, 0.2) is 5.82 Å². The van der Waals surface area contributed by atoms with Crippen LogP contribution in [-0.4, -0.2) is 24.2 Å². The highest BCUT2D eigenvalue weighted by Crippen LogP contribution is 2.20. The van der Waals surface area contributed by atoms with Gasteiger partial charge in [0, 0.05) is 18.6 Å². The van der Waals surface area contributed by atoms with Gasteiger partial charge in [-0.05, 0) is 24.1 Å². The van der Waals surface area contributed by atoms with Crippen molar-refractivity contribution in [1.29, 1.82) is 0 Å². The molecule has 6 heteroatoms. The Labute approximate surface area is 122 Å². The molecule has 5 nitrogen and oxygen atoms in total. The Bertz CT molecular complexity index is 784. The number of hydrogen-bond donors (Lipinski definition) is 1. The average Bonchev–Trinajstić information content (AvgIpc) is 3.04. The number of fused-ring (bicyclic) bond motifs is 1. The van der Waals surface area contributed by atoms with Crippen molar-refractivity contribution in [3.05, 3.63) is 48.2 Å². The Balaban J connectivity index is 2.25. The third-order valence-electron chi connectivity index (χ3n) is 3.21. The highest BCUT2D eigenvalue weighted by Gasteiger charge is 2.13. The summed E-state index contributed by atoms with van der Waals surface area (Å²) in [4.78, 5) is 4.80. The van der Waals surface area contributed by atoms with Gasteiger partial charge in [0.25, 0.3) is 0 Å². The van der Waals surface area contributed by atoms with Crippen molar-refractivity contribution < 1.29 is 0 Å². The van der Waals surface area contributed by atoms with Crippen molar-refractivity contribution in [3.63, 3.8) is 0 Å². The van der Waals surface area contributed by atoms with Crippen LogP contribution in [0.2, 0.25) is 0 Å². The van der Waals surface area contributed by atoms with Crippen molar-refractivity contribution in [2.24, 2.45) is 5.73 Å². The van der Waals surface area contributed by atoms with Crippen LogP contribution in [0.15, 0.2) is 36.8 Å². The zero-order valence-corrected chi connectivity index (χ0v) is 12.1. The third kappa shape index (κ3) is 1.98. The van der Waals surface area contributed by atoms with Crippen molar-refractivity contribution >= 4 is 22.7 Å². The van der Waals surface area contributed by atoms with E-state index in [1.54, 1.807) is 6.20 Å². The van der Waals surface area contributed by atoms with Gasteiger partial charge >= 0.3 is 0 Å². The summed E-state index contributed by atoms with van der Waals surface area (Å²) in [5, 5.41) is 4.56. The van der Waals surface area contributed by atoms with Crippen molar-refractivity contribution in [2.45, 2.75) is 19.8 Å². The maximum absolute atomic E-state index is 5.75. The molecule has 0 aliphatic heterocycles. The fourth-order valence-electron chi connectivity index (χ4n) is 2.16. The second-order valence-electron chi connectivity index (χ2n) is 4.93. The molecule has 102 valence electrons. The minimum absolute atomic E-state index is 0.349. The summed E-state index contributed by atoms with van der Waals surface area (Å²) in [5.74, 6) is 1.14. The first-order valence-electron chi connectivity index (χ1n) is 6.39. The second kappa shape index (κ2) is 4.72. The van der Waals surface area contributed by atoms with Gasteiger partial charge < -0.3 is 5.73 Å². The lowest BCUT2D eigenvalue weighted by Crippen LogP contribution is -2.15. The van der Waals surface area contributed by atoms with Gasteiger partial charge in [0.1, 0.15) is 10.5 Å². The monoisotopic (exact) mass is 285 g/mol. The van der Waals surface area contributed by atoms with Gasteiger partial charge in [-0.25, -0.2) is 9.50 Å². The molecule has 0 radical (unpaired) electrons. The molecule has 3 heterocycles. The van der Waals surface area contributed by atoms with Gasteiger partial charge in [-0.2, -0.15) is 5.10 Å². The lowest BCUT2D eigenvalue weighted by molar-refractivity contribution is 0.785. The van der Waals surface area contributed by atoms with E-state index in [0.29, 0.717) is 10.9 Å². The molecule has 3 rings (SSSR count). The van der Waals surface area contributed by atoms with Gasteiger partial charge in [-0.3, -0.25) is 4.57 Å². The van der Waals surface area contributed by atoms with E-state index in [1.165, 1.54) is 0 Å². The number of thiocarbonyl (C=S) groups is 1. The minimum atomic E-state index is 0.349. The van der Waals surface area contributed by atoms with Crippen LogP contribution >= 0.6 is 12.2 Å². The summed E-state index contributed by atoms with van der Waals surface area (Å²) in [6.07, 6.45) is 5.47. The zero-order valence-electron chi connectivity index (χ0n) is 11.3. The quantitative estimate of drug-likeness (QED) is 0.750. The SMILES string of the molecule is CC(C)c1cc2c(-n3cccc3C(N)=S)nccn2n1. The number of hydrogen-bond acceptors (Lipinski definition) is 3. The number of nitrogens with two attached hydrogens (primary N) is 1. The van der Waals surface area contributed by atoms with Crippen molar-refractivity contribution in [1.82, 2.24) is 19.2 Å². The van der Waals surface area contributed by atoms with E-state index in [-0.39, 0.29) is 0 Å². The van der Waals surface area contributed by atoms with Crippen LogP contribution in [0.25, 0.3) is 11.3 Å². The molecule has 0 saturated carbocycles. The van der Waals surface area contributed by atoms with E-state index in [1.807, 2.05) is 33.6 Å². The van der Waals surface area contributed by atoms with E-state index in [9.17, 15) is 0 Å². The third-order valence-corrected chi connectivity index (χ3v) is 3.42. The number of nitrogens with zero attached hydrogens (tertiary/aromatic N) is 4. The zero-order chi connectivity index (χ0) is 14.3. The summed E-state index contributed by atoms with van der Waals surface area (Å²) in [6, 6.07) is 5.84. The summed E-state index contributed by atoms with van der Waals surface area (Å²) in [6.45, 7) is 4.23. The molecule has 0 aliphatic carbocycles. The van der Waals surface area contributed by atoms with Gasteiger partial charge in [-0.15, -0.1) is 0 Å². The Kier molecular flexibility index (Phi) is 3.02. The van der Waals surface area contributed by atoms with Crippen LogP contribution < -0.4 is 5.73 Å². The lowest BCUT2D eigenvalue weighted by atomic mass is 10.1. The molecular formula is C14H15N5S. The first-order chi connectivity index (χ1) is 9.58. The second-order valence-corrected chi connectivity index (χ2v) is 5.37. The average molecular weight is 285 g/mol. The number of rotatable bonds is 3. The lowest BCUT2D eigenvalue weighted by Gasteiger charge is -2.08. The molecule has 0 aromatic carbocycles. The van der Waals surface area contributed by atoms with Crippen LogP contribution in [0.5, 0.6) is 0 Å². The van der Waals surface area contributed by atoms with Crippen LogP contribution in [0.4, 0.5) is 0 Å². The molecule has 3 aromatic rings. The molecule has 3 aromatic heterocycles. The topological polar surface area (TPSA) is 61.1 Å². The minimum Gasteiger partial charge on any atom is -0.388 e. The van der Waals surface area contributed by atoms with E-state index < -0.39 is 0 Å². The molecule has 0 atom stereocenters. The molecule has 0 bridgehead atoms. The summed E-state index contributed by atoms with van der Waals surface area (Å²) in [5.41, 5.74) is 8.49. The van der Waals surface area contributed by atoms with Crippen LogP contribution in [0.3, 0.4) is 0 Å². The van der Waals surface area contributed by atoms with Crippen molar-refractivity contribution in [2.75, 3.05) is 0 Å². The van der Waals surface area contributed by atoms with E-state index >= 15 is 0 Å². The first-order valence-corrected chi connectivity index (χ1v) is 6.80. The molecule has 0 saturated heterocycles. The predicted molar refractivity (Wildman–Crippen MR) is 82.3 cm³/mol. The Morgan fingerprint density at radius 2 is 2.15 bits per heavy atom. The number of aromatic nitrogens is 4. The van der Waals surface area contributed by atoms with Gasteiger partial charge in [-0.1, -0.05) is 26.1 Å². The Morgan fingerprint density at radius 3 is 2.85 bits per heavy atom. The maximum Gasteiger partial charge on any atom is 0.163 e. The Morgan fingerprint density at radius 1 is 1.35 bits per heavy atom. The van der Waals surface area contributed by atoms with Crippen LogP contribution in [0, 0.1) is 0 Å². The highest BCUT2D eigenvalue weighted by atomic mass is 32.1. The predicted octanol–water partition coefficient (Wildman–Crippen LogP) is 2.28. The summed E-state index contributed by atoms with van der Waals surface area (Å²) >= 11 is 5.08. The standard InChI is InChI=1S/C14H15N5S/c1-9(2)10-8-12-14(16-5-7-19(12)17-10)18-6-3-4-11(18)13(15)20/h3-9H,1-2H3,(H2,15,20). The van der Waals surface area contributed by atoms with Crippen LogP contribution in [0.1, 0.15) is 31.2 Å². The molecule has 0 unspecified atom stereocenters. The molecule has 0 amide bonds. The fourth-order valence-corrected chi connectivity index (χ4v) is 2.33. The van der Waals surface area contributed by atoms with E-state index in [2.05, 4.69) is 30.0 Å². The normalized spacial score (nSPS) is 11.3. The molecule has 0 aliphatic rings. The van der Waals surface area contributed by atoms with E-state index in [0.717, 1.165) is 22.7 Å². The fraction of sp³-hybridized carbons (Fsp3) is 0.214. The molecule has 0 fully saturated rings. The molecule has 20 heavy (non-hydrogen) atoms. The summed E-state index contributed by atoms with van der Waals surface area (Å²) < 4.78 is 3.73. The molecular weight excluding hydrogens is 270 g/mol. The maximum atomic E-state index is 5.75. The Hall–Kier alpha value is -2.21. The summed E-state index contributed by atoms with van der Waals surface area (Å²) in [7, 11) is 0. The van der Waals surface area contributed by atoms with Crippen LogP contribution in [-0.2, 0) is 0 Å². The van der Waals surface area contributed by atoms with Gasteiger partial charge in [0.2, 0.25) is 0 Å². The first kappa shape index (κ1) is 12.8. The van der Waals surface area contributed by atoms with Gasteiger partial charge in [0.05, 0.1) is 11.4 Å².